The van der Waals surface area contributed by atoms with E-state index >= 15 is 0 Å². The van der Waals surface area contributed by atoms with E-state index in [1.165, 1.54) is 12.1 Å². The zero-order valence-electron chi connectivity index (χ0n) is 13.8. The highest BCUT2D eigenvalue weighted by Crippen LogP contribution is 2.12. The van der Waals surface area contributed by atoms with E-state index in [1.54, 1.807) is 25.5 Å². The summed E-state index contributed by atoms with van der Waals surface area (Å²) in [5.74, 6) is 1.41. The number of aliphatic imine (C=N–C) groups is 1. The number of nitro benzene ring substituents is 1. The molecule has 0 unspecified atom stereocenters. The highest BCUT2D eigenvalue weighted by Gasteiger charge is 2.04. The zero-order valence-corrected chi connectivity index (χ0v) is 16.1. The van der Waals surface area contributed by atoms with Gasteiger partial charge in [0.1, 0.15) is 5.76 Å². The predicted molar refractivity (Wildman–Crippen MR) is 105 cm³/mol. The molecule has 1 heterocycles. The van der Waals surface area contributed by atoms with Crippen LogP contribution in [0, 0.1) is 10.1 Å². The van der Waals surface area contributed by atoms with Crippen molar-refractivity contribution in [1.29, 1.82) is 0 Å². The Labute approximate surface area is 162 Å². The number of nitrogens with one attached hydrogen (secondary N) is 2. The first-order chi connectivity index (χ1) is 11.7. The molecule has 0 fully saturated rings. The van der Waals surface area contributed by atoms with Gasteiger partial charge in [-0.05, 0) is 17.7 Å². The summed E-state index contributed by atoms with van der Waals surface area (Å²) < 4.78 is 10.3. The SMILES string of the molecule is COCCNC(=NCc1ccc([N+](=O)[O-])cc1)NCc1ccco1.I. The van der Waals surface area contributed by atoms with Crippen LogP contribution in [0.1, 0.15) is 11.3 Å². The molecule has 9 heteroatoms. The van der Waals surface area contributed by atoms with Gasteiger partial charge in [0, 0.05) is 25.8 Å². The Hall–Kier alpha value is -2.14. The molecule has 0 radical (unpaired) electrons. The normalized spacial score (nSPS) is 10.8. The lowest BCUT2D eigenvalue weighted by Gasteiger charge is -2.11. The Morgan fingerprint density at radius 3 is 2.64 bits per heavy atom. The van der Waals surface area contributed by atoms with Crippen molar-refractivity contribution in [3.05, 3.63) is 64.1 Å². The number of guanidine groups is 1. The molecule has 2 aromatic rings. The van der Waals surface area contributed by atoms with E-state index in [0.29, 0.717) is 32.2 Å². The molecule has 0 saturated carbocycles. The number of ether oxygens (including phenoxy) is 1. The lowest BCUT2D eigenvalue weighted by atomic mass is 10.2. The van der Waals surface area contributed by atoms with Crippen molar-refractivity contribution in [1.82, 2.24) is 10.6 Å². The molecule has 0 amide bonds. The second-order valence-corrected chi connectivity index (χ2v) is 4.94. The van der Waals surface area contributed by atoms with Crippen LogP contribution in [0.3, 0.4) is 0 Å². The van der Waals surface area contributed by atoms with Gasteiger partial charge in [0.05, 0.1) is 30.9 Å². The van der Waals surface area contributed by atoms with Gasteiger partial charge in [0.15, 0.2) is 5.96 Å². The second kappa shape index (κ2) is 11.4. The van der Waals surface area contributed by atoms with Crippen molar-refractivity contribution in [2.45, 2.75) is 13.1 Å². The van der Waals surface area contributed by atoms with Gasteiger partial charge in [-0.15, -0.1) is 24.0 Å². The molecule has 2 N–H and O–H groups in total. The molecule has 0 aliphatic carbocycles. The Balaban J connectivity index is 0.00000312. The molecule has 25 heavy (non-hydrogen) atoms. The summed E-state index contributed by atoms with van der Waals surface area (Å²) in [4.78, 5) is 14.7. The molecule has 0 bridgehead atoms. The monoisotopic (exact) mass is 460 g/mol. The maximum Gasteiger partial charge on any atom is 0.269 e. The van der Waals surface area contributed by atoms with Gasteiger partial charge in [0.25, 0.3) is 5.69 Å². The molecule has 0 aliphatic rings. The molecule has 1 aromatic carbocycles. The molecule has 0 spiro atoms. The average Bonchev–Trinajstić information content (AvgIpc) is 3.11. The molecule has 0 saturated heterocycles. The Kier molecular flexibility index (Phi) is 9.55. The first kappa shape index (κ1) is 20.9. The third-order valence-corrected chi connectivity index (χ3v) is 3.18. The minimum atomic E-state index is -0.421. The summed E-state index contributed by atoms with van der Waals surface area (Å²) in [7, 11) is 1.63. The lowest BCUT2D eigenvalue weighted by molar-refractivity contribution is -0.384. The fourth-order valence-electron chi connectivity index (χ4n) is 1.92. The van der Waals surface area contributed by atoms with E-state index in [2.05, 4.69) is 15.6 Å². The van der Waals surface area contributed by atoms with Crippen LogP contribution >= 0.6 is 24.0 Å². The van der Waals surface area contributed by atoms with Gasteiger partial charge in [-0.1, -0.05) is 12.1 Å². The van der Waals surface area contributed by atoms with Gasteiger partial charge in [-0.2, -0.15) is 0 Å². The van der Waals surface area contributed by atoms with E-state index in [-0.39, 0.29) is 29.7 Å². The van der Waals surface area contributed by atoms with E-state index in [0.717, 1.165) is 11.3 Å². The molecule has 8 nitrogen and oxygen atoms in total. The van der Waals surface area contributed by atoms with Crippen LogP contribution in [0.25, 0.3) is 0 Å². The fourth-order valence-corrected chi connectivity index (χ4v) is 1.92. The van der Waals surface area contributed by atoms with Crippen molar-refractivity contribution < 1.29 is 14.1 Å². The summed E-state index contributed by atoms with van der Waals surface area (Å²) in [6.07, 6.45) is 1.61. The number of rotatable bonds is 8. The van der Waals surface area contributed by atoms with Gasteiger partial charge < -0.3 is 19.8 Å². The minimum absolute atomic E-state index is 0. The smallest absolute Gasteiger partial charge is 0.269 e. The molecule has 0 aliphatic heterocycles. The molecular weight excluding hydrogens is 439 g/mol. The van der Waals surface area contributed by atoms with Crippen molar-refractivity contribution in [2.24, 2.45) is 4.99 Å². The van der Waals surface area contributed by atoms with Gasteiger partial charge >= 0.3 is 0 Å². The summed E-state index contributed by atoms with van der Waals surface area (Å²) in [6, 6.07) is 10.0. The van der Waals surface area contributed by atoms with Gasteiger partial charge in [-0.3, -0.25) is 10.1 Å². The summed E-state index contributed by atoms with van der Waals surface area (Å²) in [5, 5.41) is 17.0. The topological polar surface area (TPSA) is 102 Å². The molecule has 1 aromatic heterocycles. The largest absolute Gasteiger partial charge is 0.467 e. The third-order valence-electron chi connectivity index (χ3n) is 3.18. The molecular formula is C16H21IN4O4. The lowest BCUT2D eigenvalue weighted by Crippen LogP contribution is -2.38. The van der Waals surface area contributed by atoms with Crippen LogP contribution in [-0.2, 0) is 17.8 Å². The Morgan fingerprint density at radius 2 is 2.04 bits per heavy atom. The second-order valence-electron chi connectivity index (χ2n) is 4.94. The zero-order chi connectivity index (χ0) is 17.2. The Bertz CT molecular complexity index is 659. The van der Waals surface area contributed by atoms with E-state index < -0.39 is 4.92 Å². The van der Waals surface area contributed by atoms with Crippen LogP contribution in [0.2, 0.25) is 0 Å². The van der Waals surface area contributed by atoms with Crippen molar-refractivity contribution in [2.75, 3.05) is 20.3 Å². The van der Waals surface area contributed by atoms with Crippen LogP contribution in [0.4, 0.5) is 5.69 Å². The van der Waals surface area contributed by atoms with Crippen LogP contribution in [-0.4, -0.2) is 31.1 Å². The summed E-state index contributed by atoms with van der Waals surface area (Å²) in [5.41, 5.74) is 0.948. The minimum Gasteiger partial charge on any atom is -0.467 e. The van der Waals surface area contributed by atoms with Crippen LogP contribution in [0.5, 0.6) is 0 Å². The fraction of sp³-hybridized carbons (Fsp3) is 0.312. The number of methoxy groups -OCH3 is 1. The van der Waals surface area contributed by atoms with Crippen molar-refractivity contribution >= 4 is 35.6 Å². The number of halogens is 1. The molecule has 0 atom stereocenters. The first-order valence-electron chi connectivity index (χ1n) is 7.46. The number of nitrogens with zero attached hydrogens (tertiary/aromatic N) is 2. The van der Waals surface area contributed by atoms with E-state index in [4.69, 9.17) is 9.15 Å². The number of hydrogen-bond donors (Lipinski definition) is 2. The number of nitro groups is 1. The average molecular weight is 460 g/mol. The van der Waals surface area contributed by atoms with Crippen molar-refractivity contribution in [3.63, 3.8) is 0 Å². The van der Waals surface area contributed by atoms with Crippen LogP contribution in [0.15, 0.2) is 52.1 Å². The Morgan fingerprint density at radius 1 is 1.28 bits per heavy atom. The van der Waals surface area contributed by atoms with E-state index in [9.17, 15) is 10.1 Å². The summed E-state index contributed by atoms with van der Waals surface area (Å²) >= 11 is 0. The number of furan rings is 1. The van der Waals surface area contributed by atoms with Gasteiger partial charge in [-0.25, -0.2) is 4.99 Å². The van der Waals surface area contributed by atoms with E-state index in [1.807, 2.05) is 12.1 Å². The maximum atomic E-state index is 10.7. The summed E-state index contributed by atoms with van der Waals surface area (Å²) in [6.45, 7) is 2.07. The quantitative estimate of drug-likeness (QED) is 0.157. The highest BCUT2D eigenvalue weighted by atomic mass is 127. The van der Waals surface area contributed by atoms with Crippen molar-refractivity contribution in [3.8, 4) is 0 Å². The highest BCUT2D eigenvalue weighted by molar-refractivity contribution is 14.0. The number of hydrogen-bond acceptors (Lipinski definition) is 5. The molecule has 136 valence electrons. The number of non-ortho nitro benzene ring substituents is 1. The van der Waals surface area contributed by atoms with Gasteiger partial charge in [0.2, 0.25) is 0 Å². The molecule has 2 rings (SSSR count). The maximum absolute atomic E-state index is 10.7. The predicted octanol–water partition coefficient (Wildman–Crippen LogP) is 2.69. The first-order valence-corrected chi connectivity index (χ1v) is 7.46. The number of benzene rings is 1. The standard InChI is InChI=1S/C16H20N4O4.HI/c1-23-10-8-17-16(19-12-15-3-2-9-24-15)18-11-13-4-6-14(7-5-13)20(21)22;/h2-7,9H,8,10-12H2,1H3,(H2,17,18,19);1H. The van der Waals surface area contributed by atoms with Crippen LogP contribution < -0.4 is 10.6 Å². The third kappa shape index (κ3) is 7.52.